The summed E-state index contributed by atoms with van der Waals surface area (Å²) in [4.78, 5) is 13.1. The van der Waals surface area contributed by atoms with Crippen molar-refractivity contribution in [3.8, 4) is 12.3 Å². The van der Waals surface area contributed by atoms with Gasteiger partial charge in [-0.25, -0.2) is 0 Å². The van der Waals surface area contributed by atoms with E-state index in [1.54, 1.807) is 19.0 Å². The highest BCUT2D eigenvalue weighted by Crippen LogP contribution is 2.00. The Morgan fingerprint density at radius 2 is 2.19 bits per heavy atom. The van der Waals surface area contributed by atoms with Crippen molar-refractivity contribution < 1.29 is 4.79 Å². The van der Waals surface area contributed by atoms with Crippen LogP contribution in [-0.2, 0) is 4.79 Å². The molecule has 92 valence electrons. The number of amides is 1. The van der Waals surface area contributed by atoms with Crippen LogP contribution in [0, 0.1) is 12.3 Å². The molecule has 1 amide bonds. The van der Waals surface area contributed by atoms with Crippen molar-refractivity contribution in [2.45, 2.75) is 38.3 Å². The maximum absolute atomic E-state index is 11.5. The molecule has 0 fully saturated rings. The van der Waals surface area contributed by atoms with Crippen molar-refractivity contribution in [2.75, 3.05) is 20.6 Å². The molecule has 16 heavy (non-hydrogen) atoms. The summed E-state index contributed by atoms with van der Waals surface area (Å²) in [5.74, 6) is 2.74. The second-order valence-corrected chi connectivity index (χ2v) is 4.10. The fourth-order valence-corrected chi connectivity index (χ4v) is 1.39. The van der Waals surface area contributed by atoms with Crippen LogP contribution < -0.4 is 11.1 Å². The van der Waals surface area contributed by atoms with E-state index in [0.717, 1.165) is 12.8 Å². The predicted molar refractivity (Wildman–Crippen MR) is 66.8 cm³/mol. The van der Waals surface area contributed by atoms with E-state index in [1.165, 1.54) is 0 Å². The molecule has 0 rings (SSSR count). The minimum atomic E-state index is -0.0394. The molecule has 2 unspecified atom stereocenters. The number of terminal acetylenes is 1. The number of nitrogens with one attached hydrogen (secondary N) is 1. The van der Waals surface area contributed by atoms with Crippen LogP contribution in [0.5, 0.6) is 0 Å². The molecule has 4 nitrogen and oxygen atoms in total. The number of nitrogens with zero attached hydrogens (tertiary/aromatic N) is 1. The van der Waals surface area contributed by atoms with Gasteiger partial charge < -0.3 is 10.6 Å². The van der Waals surface area contributed by atoms with Crippen molar-refractivity contribution in [1.82, 2.24) is 10.2 Å². The van der Waals surface area contributed by atoms with E-state index in [2.05, 4.69) is 18.2 Å². The minimum Gasteiger partial charge on any atom is -0.349 e. The molecule has 0 aromatic heterocycles. The fourth-order valence-electron chi connectivity index (χ4n) is 1.39. The lowest BCUT2D eigenvalue weighted by atomic mass is 10.1. The zero-order chi connectivity index (χ0) is 12.6. The Hall–Kier alpha value is -1.05. The largest absolute Gasteiger partial charge is 0.349 e. The van der Waals surface area contributed by atoms with Gasteiger partial charge in [0.15, 0.2) is 0 Å². The van der Waals surface area contributed by atoms with Crippen molar-refractivity contribution in [3.63, 3.8) is 0 Å². The standard InChI is InChI=1S/C12H23N3O/c1-5-7-10(6-2)14-11(9-13)8-12(16)15(3)4/h2,10-11,14H,5,7-9,13H2,1,3-4H3. The molecule has 0 saturated heterocycles. The van der Waals surface area contributed by atoms with Gasteiger partial charge in [0.2, 0.25) is 5.91 Å². The molecular weight excluding hydrogens is 202 g/mol. The van der Waals surface area contributed by atoms with E-state index in [0.29, 0.717) is 13.0 Å². The van der Waals surface area contributed by atoms with Gasteiger partial charge in [0.05, 0.1) is 6.04 Å². The topological polar surface area (TPSA) is 58.4 Å². The van der Waals surface area contributed by atoms with E-state index < -0.39 is 0 Å². The average molecular weight is 225 g/mol. The molecule has 0 spiro atoms. The molecule has 0 heterocycles. The number of hydrogen-bond donors (Lipinski definition) is 2. The number of hydrogen-bond acceptors (Lipinski definition) is 3. The summed E-state index contributed by atoms with van der Waals surface area (Å²) >= 11 is 0. The van der Waals surface area contributed by atoms with Crippen LogP contribution in [0.15, 0.2) is 0 Å². The molecule has 2 atom stereocenters. The third-order valence-electron chi connectivity index (χ3n) is 2.42. The van der Waals surface area contributed by atoms with Gasteiger partial charge >= 0.3 is 0 Å². The smallest absolute Gasteiger partial charge is 0.223 e. The van der Waals surface area contributed by atoms with E-state index in [1.807, 2.05) is 0 Å². The van der Waals surface area contributed by atoms with Crippen LogP contribution >= 0.6 is 0 Å². The lowest BCUT2D eigenvalue weighted by Gasteiger charge is -2.22. The zero-order valence-corrected chi connectivity index (χ0v) is 10.5. The fraction of sp³-hybridized carbons (Fsp3) is 0.750. The molecule has 0 saturated carbocycles. The van der Waals surface area contributed by atoms with Crippen LogP contribution in [0.4, 0.5) is 0 Å². The van der Waals surface area contributed by atoms with Crippen LogP contribution in [0.3, 0.4) is 0 Å². The molecule has 0 aromatic rings. The van der Waals surface area contributed by atoms with Crippen molar-refractivity contribution in [2.24, 2.45) is 5.73 Å². The van der Waals surface area contributed by atoms with E-state index in [9.17, 15) is 4.79 Å². The lowest BCUT2D eigenvalue weighted by Crippen LogP contribution is -2.45. The van der Waals surface area contributed by atoms with Gasteiger partial charge in [-0.1, -0.05) is 19.3 Å². The maximum Gasteiger partial charge on any atom is 0.223 e. The van der Waals surface area contributed by atoms with Crippen LogP contribution in [0.1, 0.15) is 26.2 Å². The molecule has 4 heteroatoms. The summed E-state index contributed by atoms with van der Waals surface area (Å²) in [6.07, 6.45) is 7.72. The Kier molecular flexibility index (Phi) is 7.61. The number of rotatable bonds is 7. The van der Waals surface area contributed by atoms with Gasteiger partial charge in [-0.05, 0) is 6.42 Å². The molecular formula is C12H23N3O. The maximum atomic E-state index is 11.5. The lowest BCUT2D eigenvalue weighted by molar-refractivity contribution is -0.129. The average Bonchev–Trinajstić information content (AvgIpc) is 2.26. The Labute approximate surface area is 98.6 Å². The Balaban J connectivity index is 4.19. The first-order valence-corrected chi connectivity index (χ1v) is 5.67. The molecule has 3 N–H and O–H groups in total. The molecule has 0 aliphatic heterocycles. The van der Waals surface area contributed by atoms with Gasteiger partial charge in [-0.15, -0.1) is 6.42 Å². The molecule has 0 bridgehead atoms. The van der Waals surface area contributed by atoms with Crippen LogP contribution in [0.25, 0.3) is 0 Å². The van der Waals surface area contributed by atoms with Crippen molar-refractivity contribution in [3.05, 3.63) is 0 Å². The van der Waals surface area contributed by atoms with Gasteiger partial charge in [-0.2, -0.15) is 0 Å². The van der Waals surface area contributed by atoms with E-state index in [4.69, 9.17) is 12.2 Å². The van der Waals surface area contributed by atoms with Crippen LogP contribution in [-0.4, -0.2) is 43.5 Å². The molecule has 0 aromatic carbocycles. The molecule has 0 aliphatic rings. The first kappa shape index (κ1) is 14.9. The van der Waals surface area contributed by atoms with Crippen LogP contribution in [0.2, 0.25) is 0 Å². The van der Waals surface area contributed by atoms with Gasteiger partial charge in [0.1, 0.15) is 0 Å². The molecule has 0 aliphatic carbocycles. The summed E-state index contributed by atoms with van der Waals surface area (Å²) < 4.78 is 0. The summed E-state index contributed by atoms with van der Waals surface area (Å²) in [5.41, 5.74) is 5.62. The second kappa shape index (κ2) is 8.14. The number of carbonyl (C=O) groups is 1. The first-order valence-electron chi connectivity index (χ1n) is 5.67. The summed E-state index contributed by atoms with van der Waals surface area (Å²) in [5, 5.41) is 3.23. The number of carbonyl (C=O) groups excluding carboxylic acids is 1. The monoisotopic (exact) mass is 225 g/mol. The summed E-state index contributed by atoms with van der Waals surface area (Å²) in [6, 6.07) is -0.0315. The third-order valence-corrected chi connectivity index (χ3v) is 2.42. The van der Waals surface area contributed by atoms with Gasteiger partial charge in [-0.3, -0.25) is 10.1 Å². The zero-order valence-electron chi connectivity index (χ0n) is 10.5. The third kappa shape index (κ3) is 5.74. The number of nitrogens with two attached hydrogens (primary N) is 1. The predicted octanol–water partition coefficient (Wildman–Crippen LogP) is 0.184. The minimum absolute atomic E-state index is 0.00788. The normalized spacial score (nSPS) is 13.9. The SMILES string of the molecule is C#CC(CCC)NC(CN)CC(=O)N(C)C. The summed E-state index contributed by atoms with van der Waals surface area (Å²) in [7, 11) is 3.47. The summed E-state index contributed by atoms with van der Waals surface area (Å²) in [6.45, 7) is 2.50. The van der Waals surface area contributed by atoms with Gasteiger partial charge in [0, 0.05) is 33.1 Å². The highest BCUT2D eigenvalue weighted by atomic mass is 16.2. The Morgan fingerprint density at radius 3 is 2.56 bits per heavy atom. The Bertz CT molecular complexity index is 245. The van der Waals surface area contributed by atoms with Gasteiger partial charge in [0.25, 0.3) is 0 Å². The Morgan fingerprint density at radius 1 is 1.56 bits per heavy atom. The first-order chi connectivity index (χ1) is 7.54. The molecule has 0 radical (unpaired) electrons. The van der Waals surface area contributed by atoms with E-state index in [-0.39, 0.29) is 18.0 Å². The highest BCUT2D eigenvalue weighted by Gasteiger charge is 2.16. The van der Waals surface area contributed by atoms with Crippen molar-refractivity contribution >= 4 is 5.91 Å². The van der Waals surface area contributed by atoms with Crippen molar-refractivity contribution in [1.29, 1.82) is 0 Å². The second-order valence-electron chi connectivity index (χ2n) is 4.10. The van der Waals surface area contributed by atoms with E-state index >= 15 is 0 Å². The highest BCUT2D eigenvalue weighted by molar-refractivity contribution is 5.76. The quantitative estimate of drug-likeness (QED) is 0.608.